The van der Waals surface area contributed by atoms with E-state index in [9.17, 15) is 9.36 Å². The van der Waals surface area contributed by atoms with Crippen molar-refractivity contribution in [3.8, 4) is 5.75 Å². The first kappa shape index (κ1) is 14.6. The Labute approximate surface area is 107 Å². The Hall–Kier alpha value is -1.45. The Morgan fingerprint density at radius 3 is 2.39 bits per heavy atom. The molecule has 0 aliphatic rings. The summed E-state index contributed by atoms with van der Waals surface area (Å²) in [6, 6.07) is 8.07. The average molecular weight is 270 g/mol. The number of ether oxygens (including phenoxy) is 1. The SMILES string of the molecule is CC(C)OC(=O)C(C)N[P+](=O)Oc1ccccc1. The minimum Gasteiger partial charge on any atom is -0.462 e. The Morgan fingerprint density at radius 2 is 1.83 bits per heavy atom. The third-order valence-corrected chi connectivity index (χ3v) is 2.91. The smallest absolute Gasteiger partial charge is 0.462 e. The maximum absolute atomic E-state index is 11.6. The lowest BCUT2D eigenvalue weighted by atomic mass is 10.3. The summed E-state index contributed by atoms with van der Waals surface area (Å²) in [4.78, 5) is 11.5. The van der Waals surface area contributed by atoms with Gasteiger partial charge in [0.25, 0.3) is 0 Å². The van der Waals surface area contributed by atoms with E-state index in [4.69, 9.17) is 9.26 Å². The van der Waals surface area contributed by atoms with Crippen molar-refractivity contribution in [2.45, 2.75) is 32.9 Å². The molecule has 0 heterocycles. The third-order valence-electron chi connectivity index (χ3n) is 1.94. The monoisotopic (exact) mass is 270 g/mol. The molecule has 1 N–H and O–H groups in total. The van der Waals surface area contributed by atoms with Gasteiger partial charge in [0.15, 0.2) is 5.75 Å². The Morgan fingerprint density at radius 1 is 1.22 bits per heavy atom. The average Bonchev–Trinajstić information content (AvgIpc) is 2.29. The molecule has 0 amide bonds. The van der Waals surface area contributed by atoms with Crippen LogP contribution in [-0.2, 0) is 14.1 Å². The summed E-state index contributed by atoms with van der Waals surface area (Å²) in [5.74, 6) is 0.0283. The fourth-order valence-corrected chi connectivity index (χ4v) is 1.94. The summed E-state index contributed by atoms with van der Waals surface area (Å²) in [5.41, 5.74) is 0. The van der Waals surface area contributed by atoms with E-state index < -0.39 is 20.2 Å². The second-order valence-electron chi connectivity index (χ2n) is 4.00. The first-order valence-corrected chi connectivity index (χ1v) is 6.83. The molecule has 0 aliphatic heterocycles. The van der Waals surface area contributed by atoms with Crippen molar-refractivity contribution in [3.63, 3.8) is 0 Å². The quantitative estimate of drug-likeness (QED) is 0.636. The van der Waals surface area contributed by atoms with Gasteiger partial charge in [0, 0.05) is 4.57 Å². The minimum atomic E-state index is -2.15. The summed E-state index contributed by atoms with van der Waals surface area (Å²) < 4.78 is 21.7. The van der Waals surface area contributed by atoms with Crippen molar-refractivity contribution >= 4 is 14.1 Å². The zero-order valence-electron chi connectivity index (χ0n) is 10.6. The standard InChI is InChI=1S/C12H17NO4P/c1-9(2)16-12(14)10(3)13-18(15)17-11-7-5-4-6-8-11/h4-10H,1-3H3,(H,13,15)/q+1. The largest absolute Gasteiger partial charge is 0.664 e. The third kappa shape index (κ3) is 5.25. The van der Waals surface area contributed by atoms with Crippen LogP contribution in [0.3, 0.4) is 0 Å². The number of para-hydroxylation sites is 1. The van der Waals surface area contributed by atoms with Crippen LogP contribution in [0.25, 0.3) is 0 Å². The van der Waals surface area contributed by atoms with E-state index in [1.54, 1.807) is 45.0 Å². The fraction of sp³-hybridized carbons (Fsp3) is 0.417. The second kappa shape index (κ2) is 7.09. The number of hydrogen-bond acceptors (Lipinski definition) is 4. The molecule has 0 fully saturated rings. The highest BCUT2D eigenvalue weighted by molar-refractivity contribution is 7.37. The van der Waals surface area contributed by atoms with E-state index in [0.717, 1.165) is 0 Å². The van der Waals surface area contributed by atoms with Crippen LogP contribution in [0.2, 0.25) is 0 Å². The van der Waals surface area contributed by atoms with Crippen LogP contribution < -0.4 is 9.61 Å². The van der Waals surface area contributed by atoms with Gasteiger partial charge in [-0.25, -0.2) is 4.52 Å². The fourth-order valence-electron chi connectivity index (χ4n) is 1.15. The lowest BCUT2D eigenvalue weighted by Gasteiger charge is -2.10. The zero-order chi connectivity index (χ0) is 13.5. The van der Waals surface area contributed by atoms with E-state index >= 15 is 0 Å². The van der Waals surface area contributed by atoms with Gasteiger partial charge in [0.1, 0.15) is 6.04 Å². The van der Waals surface area contributed by atoms with Gasteiger partial charge in [-0.05, 0) is 32.9 Å². The highest BCUT2D eigenvalue weighted by Gasteiger charge is 2.28. The van der Waals surface area contributed by atoms with Crippen molar-refractivity contribution in [1.29, 1.82) is 0 Å². The first-order chi connectivity index (χ1) is 8.49. The van der Waals surface area contributed by atoms with Gasteiger partial charge in [0.2, 0.25) is 0 Å². The van der Waals surface area contributed by atoms with Gasteiger partial charge >= 0.3 is 14.1 Å². The van der Waals surface area contributed by atoms with E-state index in [2.05, 4.69) is 5.09 Å². The summed E-state index contributed by atoms with van der Waals surface area (Å²) in [5, 5.41) is 2.55. The molecule has 0 saturated carbocycles. The van der Waals surface area contributed by atoms with E-state index in [1.807, 2.05) is 6.07 Å². The summed E-state index contributed by atoms with van der Waals surface area (Å²) in [6.45, 7) is 5.09. The molecule has 98 valence electrons. The van der Waals surface area contributed by atoms with Gasteiger partial charge in [-0.2, -0.15) is 0 Å². The Balaban J connectivity index is 2.43. The highest BCUT2D eigenvalue weighted by Crippen LogP contribution is 2.23. The number of rotatable bonds is 6. The number of hydrogen-bond donors (Lipinski definition) is 1. The number of nitrogens with one attached hydrogen (secondary N) is 1. The van der Waals surface area contributed by atoms with E-state index in [-0.39, 0.29) is 6.10 Å². The zero-order valence-corrected chi connectivity index (χ0v) is 11.5. The van der Waals surface area contributed by atoms with Crippen LogP contribution in [0.15, 0.2) is 30.3 Å². The molecule has 0 aliphatic carbocycles. The molecule has 0 spiro atoms. The highest BCUT2D eigenvalue weighted by atomic mass is 31.1. The van der Waals surface area contributed by atoms with Gasteiger partial charge in [-0.3, -0.25) is 4.79 Å². The summed E-state index contributed by atoms with van der Waals surface area (Å²) in [7, 11) is -2.15. The van der Waals surface area contributed by atoms with Gasteiger partial charge < -0.3 is 4.74 Å². The first-order valence-electron chi connectivity index (χ1n) is 5.66. The second-order valence-corrected chi connectivity index (χ2v) is 4.95. The predicted molar refractivity (Wildman–Crippen MR) is 68.5 cm³/mol. The maximum Gasteiger partial charge on any atom is 0.664 e. The van der Waals surface area contributed by atoms with Crippen LogP contribution in [0.1, 0.15) is 20.8 Å². The molecule has 0 bridgehead atoms. The summed E-state index contributed by atoms with van der Waals surface area (Å²) >= 11 is 0. The molecule has 1 aromatic carbocycles. The van der Waals surface area contributed by atoms with Crippen molar-refractivity contribution in [2.24, 2.45) is 0 Å². The molecule has 18 heavy (non-hydrogen) atoms. The van der Waals surface area contributed by atoms with Crippen molar-refractivity contribution in [1.82, 2.24) is 5.09 Å². The summed E-state index contributed by atoms with van der Waals surface area (Å²) in [6.07, 6.45) is -0.199. The normalized spacial score (nSPS) is 13.0. The molecule has 2 unspecified atom stereocenters. The molecule has 1 rings (SSSR count). The number of carbonyl (C=O) groups excluding carboxylic acids is 1. The van der Waals surface area contributed by atoms with Crippen molar-refractivity contribution in [2.75, 3.05) is 0 Å². The van der Waals surface area contributed by atoms with Crippen molar-refractivity contribution < 1.29 is 18.6 Å². The van der Waals surface area contributed by atoms with Crippen molar-refractivity contribution in [3.05, 3.63) is 30.3 Å². The topological polar surface area (TPSA) is 64.6 Å². The Bertz CT molecular complexity index is 408. The molecular formula is C12H17NO4P+. The van der Waals surface area contributed by atoms with Gasteiger partial charge in [-0.15, -0.1) is 0 Å². The van der Waals surface area contributed by atoms with E-state index in [0.29, 0.717) is 5.75 Å². The molecule has 5 nitrogen and oxygen atoms in total. The van der Waals surface area contributed by atoms with Gasteiger partial charge in [0.05, 0.1) is 6.10 Å². The number of esters is 1. The lowest BCUT2D eigenvalue weighted by Crippen LogP contribution is -2.33. The maximum atomic E-state index is 11.6. The minimum absolute atomic E-state index is 0.199. The molecular weight excluding hydrogens is 253 g/mol. The Kier molecular flexibility index (Phi) is 5.75. The molecule has 2 atom stereocenters. The lowest BCUT2D eigenvalue weighted by molar-refractivity contribution is -0.148. The predicted octanol–water partition coefficient (Wildman–Crippen LogP) is 2.65. The number of benzene rings is 1. The van der Waals surface area contributed by atoms with Crippen LogP contribution in [0.4, 0.5) is 0 Å². The van der Waals surface area contributed by atoms with E-state index in [1.165, 1.54) is 0 Å². The molecule has 1 aromatic rings. The van der Waals surface area contributed by atoms with Crippen LogP contribution in [-0.4, -0.2) is 18.1 Å². The molecule has 6 heteroatoms. The molecule has 0 radical (unpaired) electrons. The van der Waals surface area contributed by atoms with Gasteiger partial charge in [-0.1, -0.05) is 23.3 Å². The van der Waals surface area contributed by atoms with Crippen LogP contribution in [0, 0.1) is 0 Å². The van der Waals surface area contributed by atoms with Crippen LogP contribution >= 0.6 is 8.18 Å². The van der Waals surface area contributed by atoms with Crippen LogP contribution in [0.5, 0.6) is 5.75 Å². The number of carbonyl (C=O) groups is 1. The molecule has 0 saturated heterocycles. The molecule has 0 aromatic heterocycles.